The van der Waals surface area contributed by atoms with E-state index >= 15 is 0 Å². The Kier molecular flexibility index (Phi) is 6.14. The number of hydrogen-bond donors (Lipinski definition) is 1. The van der Waals surface area contributed by atoms with Gasteiger partial charge in [0.1, 0.15) is 5.82 Å². The molecule has 1 N–H and O–H groups in total. The lowest BCUT2D eigenvalue weighted by Gasteiger charge is -2.07. The summed E-state index contributed by atoms with van der Waals surface area (Å²) in [5, 5.41) is 6.35. The topological polar surface area (TPSA) is 46.4 Å². The standard InChI is InChI=1S/C22H16FI2N3O/c23-15-3-1-14(2-4-15)13-26-27-22(29)9-10-28-20-7-5-16(24)11-18(20)19-12-17(25)6-8-21(19)28/h1-8,11-13H,9-10H2,(H,27,29). The van der Waals surface area contributed by atoms with E-state index < -0.39 is 0 Å². The lowest BCUT2D eigenvalue weighted by Crippen LogP contribution is -2.19. The number of halogens is 3. The average molecular weight is 611 g/mol. The van der Waals surface area contributed by atoms with Crippen LogP contribution >= 0.6 is 45.2 Å². The SMILES string of the molecule is O=C(CCn1c2ccc(I)cc2c2cc(I)ccc21)NN=Cc1ccc(F)cc1. The quantitative estimate of drug-likeness (QED) is 0.176. The van der Waals surface area contributed by atoms with Gasteiger partial charge in [0.05, 0.1) is 6.21 Å². The Bertz CT molecular complexity index is 1170. The van der Waals surface area contributed by atoms with E-state index in [9.17, 15) is 9.18 Å². The van der Waals surface area contributed by atoms with Crippen LogP contribution in [0.5, 0.6) is 0 Å². The van der Waals surface area contributed by atoms with Crippen LogP contribution in [-0.2, 0) is 11.3 Å². The molecule has 0 bridgehead atoms. The molecule has 7 heteroatoms. The van der Waals surface area contributed by atoms with Crippen LogP contribution in [-0.4, -0.2) is 16.7 Å². The van der Waals surface area contributed by atoms with E-state index in [1.165, 1.54) is 36.3 Å². The maximum Gasteiger partial charge on any atom is 0.241 e. The van der Waals surface area contributed by atoms with Gasteiger partial charge in [-0.05, 0) is 99.3 Å². The van der Waals surface area contributed by atoms with E-state index in [4.69, 9.17) is 0 Å². The molecule has 4 aromatic rings. The number of aromatic nitrogens is 1. The van der Waals surface area contributed by atoms with Crippen LogP contribution in [0.2, 0.25) is 0 Å². The van der Waals surface area contributed by atoms with Gasteiger partial charge in [-0.1, -0.05) is 12.1 Å². The minimum absolute atomic E-state index is 0.172. The number of benzene rings is 3. The zero-order valence-corrected chi connectivity index (χ0v) is 19.5. The third-order valence-electron chi connectivity index (χ3n) is 4.62. The van der Waals surface area contributed by atoms with Gasteiger partial charge in [0, 0.05) is 41.9 Å². The Morgan fingerprint density at radius 3 is 2.14 bits per heavy atom. The fourth-order valence-corrected chi connectivity index (χ4v) is 4.27. The summed E-state index contributed by atoms with van der Waals surface area (Å²) >= 11 is 4.64. The van der Waals surface area contributed by atoms with Crippen molar-refractivity contribution in [3.8, 4) is 0 Å². The van der Waals surface area contributed by atoms with Gasteiger partial charge in [-0.25, -0.2) is 9.82 Å². The fourth-order valence-electron chi connectivity index (χ4n) is 3.29. The molecule has 0 aliphatic heterocycles. The van der Waals surface area contributed by atoms with Crippen LogP contribution in [0.25, 0.3) is 21.8 Å². The number of rotatable bonds is 5. The number of nitrogens with one attached hydrogen (secondary N) is 1. The summed E-state index contributed by atoms with van der Waals surface area (Å²) in [6.07, 6.45) is 1.80. The molecule has 0 saturated heterocycles. The van der Waals surface area contributed by atoms with E-state index in [1.54, 1.807) is 12.1 Å². The molecule has 0 atom stereocenters. The van der Waals surface area contributed by atoms with Gasteiger partial charge in [-0.2, -0.15) is 5.10 Å². The molecular formula is C22H16FI2N3O. The molecule has 1 amide bonds. The van der Waals surface area contributed by atoms with Crippen LogP contribution < -0.4 is 5.43 Å². The molecule has 0 saturated carbocycles. The minimum atomic E-state index is -0.304. The number of hydrazone groups is 1. The lowest BCUT2D eigenvalue weighted by atomic mass is 10.2. The fraction of sp³-hybridized carbons (Fsp3) is 0.0909. The van der Waals surface area contributed by atoms with Crippen molar-refractivity contribution >= 4 is 79.1 Å². The number of carbonyl (C=O) groups excluding carboxylic acids is 1. The van der Waals surface area contributed by atoms with Gasteiger partial charge in [-0.3, -0.25) is 4.79 Å². The van der Waals surface area contributed by atoms with Crippen molar-refractivity contribution < 1.29 is 9.18 Å². The van der Waals surface area contributed by atoms with Crippen molar-refractivity contribution in [3.05, 3.63) is 79.2 Å². The highest BCUT2D eigenvalue weighted by atomic mass is 127. The Hall–Kier alpha value is -2.01. The predicted octanol–water partition coefficient (Wildman–Crippen LogP) is 5.68. The summed E-state index contributed by atoms with van der Waals surface area (Å²) in [6.45, 7) is 0.555. The molecule has 1 heterocycles. The van der Waals surface area contributed by atoms with E-state index in [0.29, 0.717) is 13.0 Å². The van der Waals surface area contributed by atoms with Gasteiger partial charge in [-0.15, -0.1) is 0 Å². The molecule has 3 aromatic carbocycles. The smallest absolute Gasteiger partial charge is 0.241 e. The molecule has 1 aromatic heterocycles. The molecule has 0 spiro atoms. The van der Waals surface area contributed by atoms with Crippen LogP contribution in [0.4, 0.5) is 4.39 Å². The molecule has 4 nitrogen and oxygen atoms in total. The van der Waals surface area contributed by atoms with Crippen LogP contribution in [0.15, 0.2) is 65.8 Å². The molecular weight excluding hydrogens is 595 g/mol. The first kappa shape index (κ1) is 20.3. The van der Waals surface area contributed by atoms with E-state index in [1.807, 2.05) is 0 Å². The maximum atomic E-state index is 12.9. The highest BCUT2D eigenvalue weighted by Gasteiger charge is 2.12. The number of carbonyl (C=O) groups is 1. The summed E-state index contributed by atoms with van der Waals surface area (Å²) in [7, 11) is 0. The van der Waals surface area contributed by atoms with Crippen molar-refractivity contribution in [2.75, 3.05) is 0 Å². The highest BCUT2D eigenvalue weighted by Crippen LogP contribution is 2.31. The van der Waals surface area contributed by atoms with E-state index in [-0.39, 0.29) is 11.7 Å². The molecule has 0 unspecified atom stereocenters. The Morgan fingerprint density at radius 1 is 0.966 bits per heavy atom. The summed E-state index contributed by atoms with van der Waals surface area (Å²) in [4.78, 5) is 12.3. The number of hydrogen-bond acceptors (Lipinski definition) is 2. The predicted molar refractivity (Wildman–Crippen MR) is 132 cm³/mol. The van der Waals surface area contributed by atoms with Crippen molar-refractivity contribution in [1.82, 2.24) is 9.99 Å². The monoisotopic (exact) mass is 611 g/mol. The molecule has 0 fully saturated rings. The van der Waals surface area contributed by atoms with Gasteiger partial charge < -0.3 is 4.57 Å². The zero-order chi connectivity index (χ0) is 20.4. The third-order valence-corrected chi connectivity index (χ3v) is 5.97. The minimum Gasteiger partial charge on any atom is -0.340 e. The summed E-state index contributed by atoms with van der Waals surface area (Å²) in [5.41, 5.74) is 5.50. The molecule has 4 rings (SSSR count). The van der Waals surface area contributed by atoms with Crippen molar-refractivity contribution in [2.45, 2.75) is 13.0 Å². The number of fused-ring (bicyclic) bond motifs is 3. The lowest BCUT2D eigenvalue weighted by molar-refractivity contribution is -0.121. The van der Waals surface area contributed by atoms with Crippen LogP contribution in [0, 0.1) is 13.0 Å². The number of nitrogens with zero attached hydrogens (tertiary/aromatic N) is 2. The second-order valence-corrected chi connectivity index (χ2v) is 9.06. The van der Waals surface area contributed by atoms with Gasteiger partial charge in [0.25, 0.3) is 0 Å². The van der Waals surface area contributed by atoms with Gasteiger partial charge >= 0.3 is 0 Å². The Morgan fingerprint density at radius 2 is 1.55 bits per heavy atom. The molecule has 146 valence electrons. The molecule has 29 heavy (non-hydrogen) atoms. The third kappa shape index (κ3) is 4.61. The van der Waals surface area contributed by atoms with E-state index in [2.05, 4.69) is 96.7 Å². The van der Waals surface area contributed by atoms with Gasteiger partial charge in [0.2, 0.25) is 5.91 Å². The van der Waals surface area contributed by atoms with Crippen molar-refractivity contribution in [1.29, 1.82) is 0 Å². The largest absolute Gasteiger partial charge is 0.340 e. The van der Waals surface area contributed by atoms with Crippen LogP contribution in [0.3, 0.4) is 0 Å². The first-order chi connectivity index (χ1) is 14.0. The highest BCUT2D eigenvalue weighted by molar-refractivity contribution is 14.1. The van der Waals surface area contributed by atoms with E-state index in [0.717, 1.165) is 16.6 Å². The van der Waals surface area contributed by atoms with Crippen molar-refractivity contribution in [2.24, 2.45) is 5.10 Å². The summed E-state index contributed by atoms with van der Waals surface area (Å²) in [5.74, 6) is -0.476. The first-order valence-corrected chi connectivity index (χ1v) is 11.1. The Labute approximate surface area is 194 Å². The summed E-state index contributed by atoms with van der Waals surface area (Å²) in [6, 6.07) is 18.6. The Balaban J connectivity index is 1.51. The molecule has 0 radical (unpaired) electrons. The van der Waals surface area contributed by atoms with Crippen molar-refractivity contribution in [3.63, 3.8) is 0 Å². The number of amides is 1. The molecule has 0 aliphatic carbocycles. The average Bonchev–Trinajstić information content (AvgIpc) is 3.00. The second kappa shape index (κ2) is 8.78. The zero-order valence-electron chi connectivity index (χ0n) is 15.2. The van der Waals surface area contributed by atoms with Gasteiger partial charge in [0.15, 0.2) is 0 Å². The molecule has 0 aliphatic rings. The second-order valence-electron chi connectivity index (χ2n) is 6.57. The first-order valence-electron chi connectivity index (χ1n) is 8.96. The maximum absolute atomic E-state index is 12.9. The summed E-state index contributed by atoms with van der Waals surface area (Å²) < 4.78 is 17.5. The number of aryl methyl sites for hydroxylation is 1. The normalized spacial score (nSPS) is 11.6. The van der Waals surface area contributed by atoms with Crippen LogP contribution in [0.1, 0.15) is 12.0 Å².